The molecule has 0 saturated heterocycles. The van der Waals surface area contributed by atoms with Crippen molar-refractivity contribution in [2.45, 2.75) is 13.3 Å². The lowest BCUT2D eigenvalue weighted by Crippen LogP contribution is -2.13. The molecule has 0 aromatic heterocycles. The maximum absolute atomic E-state index is 13.4. The summed E-state index contributed by atoms with van der Waals surface area (Å²) < 4.78 is 40.9. The first-order valence-corrected chi connectivity index (χ1v) is 7.54. The fourth-order valence-electron chi connectivity index (χ4n) is 1.42. The van der Waals surface area contributed by atoms with Crippen molar-refractivity contribution >= 4 is 15.8 Å². The summed E-state index contributed by atoms with van der Waals surface area (Å²) in [6.45, 7) is 1.48. The number of hydrogen-bond donors (Lipinski definition) is 1. The summed E-state index contributed by atoms with van der Waals surface area (Å²) in [4.78, 5) is 10.9. The van der Waals surface area contributed by atoms with Gasteiger partial charge >= 0.3 is 5.97 Å². The number of sulfone groups is 1. The largest absolute Gasteiger partial charge is 0.490 e. The molecule has 19 heavy (non-hydrogen) atoms. The first-order chi connectivity index (χ1) is 8.87. The Morgan fingerprint density at radius 3 is 2.68 bits per heavy atom. The molecule has 0 saturated carbocycles. The Bertz CT molecular complexity index is 553. The highest BCUT2D eigenvalue weighted by atomic mass is 32.2. The van der Waals surface area contributed by atoms with Crippen LogP contribution in [0.25, 0.3) is 0 Å². The maximum Gasteiger partial charge on any atom is 0.339 e. The number of aromatic carboxylic acids is 1. The number of ether oxygens (including phenoxy) is 1. The molecule has 0 aliphatic rings. The topological polar surface area (TPSA) is 80.7 Å². The third-order valence-electron chi connectivity index (χ3n) is 2.48. The monoisotopic (exact) mass is 290 g/mol. The van der Waals surface area contributed by atoms with E-state index < -0.39 is 21.6 Å². The molecule has 0 fully saturated rings. The molecule has 0 radical (unpaired) electrons. The molecule has 1 N–H and O–H groups in total. The lowest BCUT2D eigenvalue weighted by molar-refractivity contribution is 0.0691. The van der Waals surface area contributed by atoms with E-state index in [0.29, 0.717) is 0 Å². The van der Waals surface area contributed by atoms with Gasteiger partial charge in [0.2, 0.25) is 0 Å². The van der Waals surface area contributed by atoms with Crippen molar-refractivity contribution in [3.05, 3.63) is 29.6 Å². The fourth-order valence-corrected chi connectivity index (χ4v) is 2.27. The van der Waals surface area contributed by atoms with Gasteiger partial charge < -0.3 is 9.84 Å². The van der Waals surface area contributed by atoms with E-state index in [1.54, 1.807) is 0 Å². The predicted octanol–water partition coefficient (Wildman–Crippen LogP) is 1.73. The van der Waals surface area contributed by atoms with Gasteiger partial charge in [-0.25, -0.2) is 17.6 Å². The molecule has 1 rings (SSSR count). The lowest BCUT2D eigenvalue weighted by Gasteiger charge is -2.09. The highest BCUT2D eigenvalue weighted by Gasteiger charge is 2.16. The molecule has 0 amide bonds. The van der Waals surface area contributed by atoms with E-state index in [-0.39, 0.29) is 35.8 Å². The van der Waals surface area contributed by atoms with Gasteiger partial charge in [0.25, 0.3) is 0 Å². The third-order valence-corrected chi connectivity index (χ3v) is 4.27. The predicted molar refractivity (Wildman–Crippen MR) is 67.8 cm³/mol. The van der Waals surface area contributed by atoms with Crippen LogP contribution in [-0.2, 0) is 9.84 Å². The van der Waals surface area contributed by atoms with Crippen LogP contribution in [0.15, 0.2) is 18.2 Å². The minimum atomic E-state index is -3.10. The normalized spacial score (nSPS) is 11.3. The smallest absolute Gasteiger partial charge is 0.339 e. The van der Waals surface area contributed by atoms with Crippen LogP contribution in [0.1, 0.15) is 23.7 Å². The molecule has 5 nitrogen and oxygen atoms in total. The molecule has 1 aromatic rings. The maximum atomic E-state index is 13.4. The van der Waals surface area contributed by atoms with Gasteiger partial charge in [0.05, 0.1) is 12.4 Å². The van der Waals surface area contributed by atoms with Crippen LogP contribution < -0.4 is 4.74 Å². The fraction of sp³-hybridized carbons (Fsp3) is 0.417. The second-order valence-electron chi connectivity index (χ2n) is 3.86. The minimum Gasteiger partial charge on any atom is -0.490 e. The van der Waals surface area contributed by atoms with Gasteiger partial charge in [0.1, 0.15) is 15.4 Å². The highest BCUT2D eigenvalue weighted by Crippen LogP contribution is 2.22. The molecule has 0 aliphatic heterocycles. The number of hydrogen-bond acceptors (Lipinski definition) is 4. The van der Waals surface area contributed by atoms with Crippen molar-refractivity contribution in [2.24, 2.45) is 0 Å². The SMILES string of the molecule is CCS(=O)(=O)CCCOc1c(F)cccc1C(=O)O. The molecule has 0 spiro atoms. The Hall–Kier alpha value is -1.63. The quantitative estimate of drug-likeness (QED) is 0.773. The van der Waals surface area contributed by atoms with E-state index in [0.717, 1.165) is 6.07 Å². The molecular weight excluding hydrogens is 275 g/mol. The van der Waals surface area contributed by atoms with Crippen LogP contribution in [-0.4, -0.2) is 37.6 Å². The second kappa shape index (κ2) is 6.51. The number of halogens is 1. The van der Waals surface area contributed by atoms with Crippen molar-refractivity contribution in [3.63, 3.8) is 0 Å². The zero-order valence-electron chi connectivity index (χ0n) is 10.4. The number of benzene rings is 1. The number of rotatable bonds is 7. The Morgan fingerprint density at radius 1 is 1.42 bits per heavy atom. The van der Waals surface area contributed by atoms with E-state index in [4.69, 9.17) is 9.84 Å². The average Bonchev–Trinajstić information content (AvgIpc) is 2.35. The summed E-state index contributed by atoms with van der Waals surface area (Å²) in [6, 6.07) is 3.58. The molecule has 0 unspecified atom stereocenters. The van der Waals surface area contributed by atoms with Crippen molar-refractivity contribution < 1.29 is 27.4 Å². The van der Waals surface area contributed by atoms with Crippen LogP contribution in [0.4, 0.5) is 4.39 Å². The van der Waals surface area contributed by atoms with Crippen LogP contribution in [0.3, 0.4) is 0 Å². The average molecular weight is 290 g/mol. The van der Waals surface area contributed by atoms with E-state index in [9.17, 15) is 17.6 Å². The molecule has 1 aromatic carbocycles. The first-order valence-electron chi connectivity index (χ1n) is 5.72. The molecule has 0 aliphatic carbocycles. The van der Waals surface area contributed by atoms with Gasteiger partial charge in [-0.15, -0.1) is 0 Å². The van der Waals surface area contributed by atoms with Crippen molar-refractivity contribution in [1.82, 2.24) is 0 Å². The van der Waals surface area contributed by atoms with E-state index in [1.807, 2.05) is 0 Å². The van der Waals surface area contributed by atoms with Gasteiger partial charge in [-0.3, -0.25) is 0 Å². The Balaban J connectivity index is 2.66. The molecule has 0 atom stereocenters. The third kappa shape index (κ3) is 4.51. The number of carboxylic acid groups (broad SMARTS) is 1. The molecule has 106 valence electrons. The number of carboxylic acids is 1. The molecule has 0 heterocycles. The standard InChI is InChI=1S/C12H15FO5S/c1-2-19(16,17)8-4-7-18-11-9(12(14)15)5-3-6-10(11)13/h3,5-6H,2,4,7-8H2,1H3,(H,14,15). The highest BCUT2D eigenvalue weighted by molar-refractivity contribution is 7.91. The van der Waals surface area contributed by atoms with Crippen molar-refractivity contribution in [1.29, 1.82) is 0 Å². The molecule has 0 bridgehead atoms. The van der Waals surface area contributed by atoms with Gasteiger partial charge in [-0.2, -0.15) is 0 Å². The summed E-state index contributed by atoms with van der Waals surface area (Å²) in [7, 11) is -3.10. The zero-order chi connectivity index (χ0) is 14.5. The van der Waals surface area contributed by atoms with Gasteiger partial charge in [0, 0.05) is 5.75 Å². The van der Waals surface area contributed by atoms with Gasteiger partial charge in [-0.1, -0.05) is 13.0 Å². The summed E-state index contributed by atoms with van der Waals surface area (Å²) in [5, 5.41) is 8.87. The zero-order valence-corrected chi connectivity index (χ0v) is 11.2. The van der Waals surface area contributed by atoms with Gasteiger partial charge in [0.15, 0.2) is 11.6 Å². The summed E-state index contributed by atoms with van der Waals surface area (Å²) in [5.41, 5.74) is -0.279. The first kappa shape index (κ1) is 15.4. The van der Waals surface area contributed by atoms with Crippen LogP contribution in [0.5, 0.6) is 5.75 Å². The Kier molecular flexibility index (Phi) is 5.29. The van der Waals surface area contributed by atoms with E-state index in [2.05, 4.69) is 0 Å². The van der Waals surface area contributed by atoms with Gasteiger partial charge in [-0.05, 0) is 18.6 Å². The summed E-state index contributed by atoms with van der Waals surface area (Å²) in [6.07, 6.45) is 0.184. The summed E-state index contributed by atoms with van der Waals surface area (Å²) >= 11 is 0. The molecular formula is C12H15FO5S. The van der Waals surface area contributed by atoms with Crippen molar-refractivity contribution in [2.75, 3.05) is 18.1 Å². The summed E-state index contributed by atoms with van der Waals surface area (Å²) in [5.74, 6) is -2.47. The van der Waals surface area contributed by atoms with Crippen LogP contribution >= 0.6 is 0 Å². The van der Waals surface area contributed by atoms with E-state index in [1.165, 1.54) is 19.1 Å². The molecule has 7 heteroatoms. The second-order valence-corrected chi connectivity index (χ2v) is 6.33. The number of carbonyl (C=O) groups is 1. The Morgan fingerprint density at radius 2 is 2.11 bits per heavy atom. The van der Waals surface area contributed by atoms with Crippen LogP contribution in [0, 0.1) is 5.82 Å². The Labute approximate surface area is 110 Å². The minimum absolute atomic E-state index is 0.0348. The van der Waals surface area contributed by atoms with Crippen LogP contribution in [0.2, 0.25) is 0 Å². The lowest BCUT2D eigenvalue weighted by atomic mass is 10.2. The van der Waals surface area contributed by atoms with E-state index >= 15 is 0 Å². The van der Waals surface area contributed by atoms with Crippen molar-refractivity contribution in [3.8, 4) is 5.75 Å². The number of para-hydroxylation sites is 1.